The number of hydrogen-bond donors (Lipinski definition) is 2. The van der Waals surface area contributed by atoms with E-state index in [-0.39, 0.29) is 18.0 Å². The van der Waals surface area contributed by atoms with Crippen molar-refractivity contribution in [2.45, 2.75) is 70.4 Å². The minimum absolute atomic E-state index is 0.0342. The molecule has 1 saturated heterocycles. The number of carbonyl (C=O) groups excluding carboxylic acids is 2. The predicted octanol–water partition coefficient (Wildman–Crippen LogP) is 3.49. The Morgan fingerprint density at radius 1 is 1.04 bits per heavy atom. The zero-order chi connectivity index (χ0) is 19.1. The van der Waals surface area contributed by atoms with Crippen molar-refractivity contribution in [1.29, 1.82) is 0 Å². The molecule has 2 fully saturated rings. The summed E-state index contributed by atoms with van der Waals surface area (Å²) in [6, 6.07) is 10.1. The summed E-state index contributed by atoms with van der Waals surface area (Å²) < 4.78 is 0. The van der Waals surface area contributed by atoms with Gasteiger partial charge in [0, 0.05) is 19.1 Å². The lowest BCUT2D eigenvalue weighted by molar-refractivity contribution is -0.134. The van der Waals surface area contributed by atoms with Gasteiger partial charge in [0.15, 0.2) is 0 Å². The van der Waals surface area contributed by atoms with E-state index in [1.165, 1.54) is 24.8 Å². The predicted molar refractivity (Wildman–Crippen MR) is 107 cm³/mol. The number of likely N-dealkylation sites (tertiary alicyclic amines) is 1. The number of benzene rings is 1. The third-order valence-corrected chi connectivity index (χ3v) is 5.95. The van der Waals surface area contributed by atoms with E-state index in [1.807, 2.05) is 11.0 Å². The lowest BCUT2D eigenvalue weighted by Crippen LogP contribution is -2.53. The molecule has 0 spiro atoms. The highest BCUT2D eigenvalue weighted by Crippen LogP contribution is 2.22. The lowest BCUT2D eigenvalue weighted by Gasteiger charge is -2.34. The Kier molecular flexibility index (Phi) is 7.13. The van der Waals surface area contributed by atoms with Crippen molar-refractivity contribution >= 4 is 11.9 Å². The Morgan fingerprint density at radius 3 is 2.37 bits per heavy atom. The number of nitrogens with zero attached hydrogens (tertiary/aromatic N) is 1. The van der Waals surface area contributed by atoms with Gasteiger partial charge in [-0.1, -0.05) is 49.6 Å². The van der Waals surface area contributed by atoms with Crippen molar-refractivity contribution in [3.8, 4) is 0 Å². The number of amides is 3. The molecule has 1 aromatic rings. The van der Waals surface area contributed by atoms with E-state index < -0.39 is 6.04 Å². The van der Waals surface area contributed by atoms with Gasteiger partial charge in [0.25, 0.3) is 0 Å². The van der Waals surface area contributed by atoms with Crippen molar-refractivity contribution < 1.29 is 9.59 Å². The quantitative estimate of drug-likeness (QED) is 0.832. The van der Waals surface area contributed by atoms with E-state index in [4.69, 9.17) is 0 Å². The number of piperidine rings is 1. The van der Waals surface area contributed by atoms with Crippen LogP contribution in [0.2, 0.25) is 0 Å². The SMILES string of the molecule is C[C@@H](NC(=O)NC1CCCCC1)C(=O)N1CCC(Cc2ccccc2)CC1. The molecule has 1 aliphatic carbocycles. The average Bonchev–Trinajstić information content (AvgIpc) is 2.69. The molecule has 0 unspecified atom stereocenters. The van der Waals surface area contributed by atoms with Crippen LogP contribution < -0.4 is 10.6 Å². The molecular formula is C22H33N3O2. The zero-order valence-corrected chi connectivity index (χ0v) is 16.5. The molecule has 1 saturated carbocycles. The van der Waals surface area contributed by atoms with E-state index >= 15 is 0 Å². The smallest absolute Gasteiger partial charge is 0.315 e. The summed E-state index contributed by atoms with van der Waals surface area (Å²) in [5.74, 6) is 0.668. The Labute approximate surface area is 162 Å². The molecule has 27 heavy (non-hydrogen) atoms. The highest BCUT2D eigenvalue weighted by molar-refractivity contribution is 5.86. The maximum absolute atomic E-state index is 12.7. The highest BCUT2D eigenvalue weighted by atomic mass is 16.2. The first-order valence-electron chi connectivity index (χ1n) is 10.5. The van der Waals surface area contributed by atoms with Gasteiger partial charge in [-0.2, -0.15) is 0 Å². The second-order valence-electron chi connectivity index (χ2n) is 8.13. The van der Waals surface area contributed by atoms with Crippen LogP contribution in [0.25, 0.3) is 0 Å². The van der Waals surface area contributed by atoms with Gasteiger partial charge in [0.1, 0.15) is 6.04 Å². The first-order valence-corrected chi connectivity index (χ1v) is 10.5. The van der Waals surface area contributed by atoms with E-state index in [9.17, 15) is 9.59 Å². The van der Waals surface area contributed by atoms with E-state index in [0.717, 1.165) is 45.2 Å². The Morgan fingerprint density at radius 2 is 1.70 bits per heavy atom. The van der Waals surface area contributed by atoms with Crippen LogP contribution in [-0.4, -0.2) is 42.0 Å². The highest BCUT2D eigenvalue weighted by Gasteiger charge is 2.27. The summed E-state index contributed by atoms with van der Waals surface area (Å²) in [5.41, 5.74) is 1.37. The first kappa shape index (κ1) is 19.7. The second kappa shape index (κ2) is 9.77. The molecule has 3 rings (SSSR count). The molecule has 1 atom stereocenters. The van der Waals surface area contributed by atoms with Gasteiger partial charge >= 0.3 is 6.03 Å². The average molecular weight is 372 g/mol. The molecule has 2 aliphatic rings. The molecule has 0 bridgehead atoms. The molecule has 5 nitrogen and oxygen atoms in total. The topological polar surface area (TPSA) is 61.4 Å². The summed E-state index contributed by atoms with van der Waals surface area (Å²) in [6.45, 7) is 3.36. The molecule has 2 N–H and O–H groups in total. The van der Waals surface area contributed by atoms with Crippen LogP contribution in [-0.2, 0) is 11.2 Å². The van der Waals surface area contributed by atoms with E-state index in [1.54, 1.807) is 6.92 Å². The maximum atomic E-state index is 12.7. The molecule has 148 valence electrons. The van der Waals surface area contributed by atoms with Crippen molar-refractivity contribution in [3.05, 3.63) is 35.9 Å². The number of urea groups is 1. The van der Waals surface area contributed by atoms with E-state index in [2.05, 4.69) is 34.9 Å². The van der Waals surface area contributed by atoms with Crippen LogP contribution in [0.3, 0.4) is 0 Å². The minimum Gasteiger partial charge on any atom is -0.341 e. The fraction of sp³-hybridized carbons (Fsp3) is 0.636. The van der Waals surface area contributed by atoms with Gasteiger partial charge in [-0.15, -0.1) is 0 Å². The molecular weight excluding hydrogens is 338 g/mol. The molecule has 1 heterocycles. The fourth-order valence-electron chi connectivity index (χ4n) is 4.31. The second-order valence-corrected chi connectivity index (χ2v) is 8.13. The summed E-state index contributed by atoms with van der Waals surface area (Å²) >= 11 is 0. The Balaban J connectivity index is 1.39. The third kappa shape index (κ3) is 5.98. The van der Waals surface area contributed by atoms with Crippen LogP contribution in [0.15, 0.2) is 30.3 Å². The number of nitrogens with one attached hydrogen (secondary N) is 2. The number of hydrogen-bond acceptors (Lipinski definition) is 2. The summed E-state index contributed by atoms with van der Waals surface area (Å²) in [5, 5.41) is 5.86. The summed E-state index contributed by atoms with van der Waals surface area (Å²) in [6.07, 6.45) is 8.85. The van der Waals surface area contributed by atoms with Crippen molar-refractivity contribution in [3.63, 3.8) is 0 Å². The van der Waals surface area contributed by atoms with Gasteiger partial charge in [-0.05, 0) is 50.5 Å². The van der Waals surface area contributed by atoms with Crippen molar-refractivity contribution in [1.82, 2.24) is 15.5 Å². The normalized spacial score (nSPS) is 20.1. The molecule has 0 radical (unpaired) electrons. The van der Waals surface area contributed by atoms with Crippen LogP contribution in [0.1, 0.15) is 57.4 Å². The third-order valence-electron chi connectivity index (χ3n) is 5.95. The van der Waals surface area contributed by atoms with Gasteiger partial charge in [-0.3, -0.25) is 4.79 Å². The first-order chi connectivity index (χ1) is 13.1. The van der Waals surface area contributed by atoms with Crippen LogP contribution in [0, 0.1) is 5.92 Å². The largest absolute Gasteiger partial charge is 0.341 e. The zero-order valence-electron chi connectivity index (χ0n) is 16.5. The Bertz CT molecular complexity index is 605. The van der Waals surface area contributed by atoms with Crippen LogP contribution in [0.4, 0.5) is 4.79 Å². The molecule has 3 amide bonds. The van der Waals surface area contributed by atoms with Crippen LogP contribution >= 0.6 is 0 Å². The fourth-order valence-corrected chi connectivity index (χ4v) is 4.31. The van der Waals surface area contributed by atoms with Gasteiger partial charge in [0.05, 0.1) is 0 Å². The molecule has 0 aromatic heterocycles. The summed E-state index contributed by atoms with van der Waals surface area (Å²) in [7, 11) is 0. The molecule has 5 heteroatoms. The summed E-state index contributed by atoms with van der Waals surface area (Å²) in [4.78, 5) is 26.8. The van der Waals surface area contributed by atoms with Crippen LogP contribution in [0.5, 0.6) is 0 Å². The minimum atomic E-state index is -0.473. The number of carbonyl (C=O) groups is 2. The van der Waals surface area contributed by atoms with E-state index in [0.29, 0.717) is 5.92 Å². The van der Waals surface area contributed by atoms with Gasteiger partial charge < -0.3 is 15.5 Å². The van der Waals surface area contributed by atoms with Crippen molar-refractivity contribution in [2.75, 3.05) is 13.1 Å². The molecule has 1 aromatic carbocycles. The van der Waals surface area contributed by atoms with Gasteiger partial charge in [-0.25, -0.2) is 4.79 Å². The monoisotopic (exact) mass is 371 g/mol. The lowest BCUT2D eigenvalue weighted by atomic mass is 9.90. The van der Waals surface area contributed by atoms with Crippen molar-refractivity contribution in [2.24, 2.45) is 5.92 Å². The maximum Gasteiger partial charge on any atom is 0.315 e. The van der Waals surface area contributed by atoms with Gasteiger partial charge in [0.2, 0.25) is 5.91 Å². The Hall–Kier alpha value is -2.04. The standard InChI is InChI=1S/C22H33N3O2/c1-17(23-22(27)24-20-10-6-3-7-11-20)21(26)25-14-12-19(13-15-25)16-18-8-4-2-5-9-18/h2,4-5,8-9,17,19-20H,3,6-7,10-16H2,1H3,(H2,23,24,27)/t17-/m1/s1. The molecule has 1 aliphatic heterocycles. The number of rotatable bonds is 5.